The van der Waals surface area contributed by atoms with Crippen molar-refractivity contribution in [1.29, 1.82) is 0 Å². The molecule has 2 rings (SSSR count). The molecule has 0 N–H and O–H groups in total. The molecule has 1 aromatic heterocycles. The van der Waals surface area contributed by atoms with Crippen molar-refractivity contribution in [3.05, 3.63) is 53.9 Å². The van der Waals surface area contributed by atoms with Crippen LogP contribution < -0.4 is 4.74 Å². The molecule has 0 aliphatic carbocycles. The molecule has 0 aliphatic rings. The molecule has 0 aliphatic heterocycles. The zero-order valence-electron chi connectivity index (χ0n) is 14.7. The van der Waals surface area contributed by atoms with Gasteiger partial charge in [0.25, 0.3) is 0 Å². The first-order valence-corrected chi connectivity index (χ1v) is 7.96. The van der Waals surface area contributed by atoms with E-state index in [2.05, 4.69) is 9.84 Å². The highest BCUT2D eigenvalue weighted by molar-refractivity contribution is 5.92. The van der Waals surface area contributed by atoms with Gasteiger partial charge >= 0.3 is 6.36 Å². The molecule has 0 saturated heterocycles. The van der Waals surface area contributed by atoms with Crippen LogP contribution in [0.1, 0.15) is 25.0 Å². The molecular weight excluding hydrogens is 347 g/mol. The molecule has 2 aromatic rings. The third-order valence-corrected chi connectivity index (χ3v) is 3.57. The van der Waals surface area contributed by atoms with Gasteiger partial charge in [-0.2, -0.15) is 5.10 Å². The highest BCUT2D eigenvalue weighted by Gasteiger charge is 2.31. The summed E-state index contributed by atoms with van der Waals surface area (Å²) < 4.78 is 43.0. The Hall–Kier alpha value is -2.77. The minimum absolute atomic E-state index is 0.0889. The van der Waals surface area contributed by atoms with E-state index < -0.39 is 6.36 Å². The molecule has 1 heterocycles. The number of aryl methyl sites for hydroxylation is 1. The van der Waals surface area contributed by atoms with Gasteiger partial charge in [0.2, 0.25) is 5.91 Å². The number of ether oxygens (including phenoxy) is 1. The van der Waals surface area contributed by atoms with Crippen molar-refractivity contribution in [3.63, 3.8) is 0 Å². The summed E-state index contributed by atoms with van der Waals surface area (Å²) >= 11 is 0. The molecule has 0 saturated carbocycles. The number of benzene rings is 1. The van der Waals surface area contributed by atoms with Crippen LogP contribution in [0.5, 0.6) is 5.75 Å². The summed E-state index contributed by atoms with van der Waals surface area (Å²) in [7, 11) is 1.78. The van der Waals surface area contributed by atoms with E-state index in [1.54, 1.807) is 35.1 Å². The van der Waals surface area contributed by atoms with Crippen LogP contribution in [0.4, 0.5) is 13.2 Å². The first-order chi connectivity index (χ1) is 12.2. The molecule has 26 heavy (non-hydrogen) atoms. The van der Waals surface area contributed by atoms with Crippen LogP contribution in [-0.4, -0.2) is 33.0 Å². The summed E-state index contributed by atoms with van der Waals surface area (Å²) in [5, 5.41) is 4.07. The van der Waals surface area contributed by atoms with E-state index in [1.165, 1.54) is 30.4 Å². The van der Waals surface area contributed by atoms with Gasteiger partial charge in [0.1, 0.15) is 5.75 Å². The Morgan fingerprint density at radius 3 is 2.62 bits per heavy atom. The van der Waals surface area contributed by atoms with Crippen molar-refractivity contribution in [1.82, 2.24) is 14.7 Å². The fourth-order valence-corrected chi connectivity index (χ4v) is 2.36. The first kappa shape index (κ1) is 19.6. The molecule has 0 radical (unpaired) electrons. The topological polar surface area (TPSA) is 47.4 Å². The smallest absolute Gasteiger partial charge is 0.405 e. The molecule has 0 unspecified atom stereocenters. The van der Waals surface area contributed by atoms with Crippen molar-refractivity contribution in [2.45, 2.75) is 32.8 Å². The van der Waals surface area contributed by atoms with Gasteiger partial charge in [0.05, 0.1) is 6.20 Å². The number of para-hydroxylation sites is 1. The highest BCUT2D eigenvalue weighted by atomic mass is 19.4. The number of alkyl halides is 3. The lowest BCUT2D eigenvalue weighted by Gasteiger charge is -2.25. The van der Waals surface area contributed by atoms with Crippen LogP contribution in [0.2, 0.25) is 0 Å². The fourth-order valence-electron chi connectivity index (χ4n) is 2.36. The van der Waals surface area contributed by atoms with Crippen LogP contribution >= 0.6 is 0 Å². The van der Waals surface area contributed by atoms with E-state index in [-0.39, 0.29) is 23.3 Å². The molecule has 0 atom stereocenters. The Morgan fingerprint density at radius 2 is 2.04 bits per heavy atom. The van der Waals surface area contributed by atoms with Crippen LogP contribution in [0, 0.1) is 0 Å². The average Bonchev–Trinajstić information content (AvgIpc) is 2.95. The largest absolute Gasteiger partial charge is 0.573 e. The minimum Gasteiger partial charge on any atom is -0.405 e. The predicted molar refractivity (Wildman–Crippen MR) is 91.1 cm³/mol. The van der Waals surface area contributed by atoms with Crippen molar-refractivity contribution >= 4 is 12.0 Å². The van der Waals surface area contributed by atoms with Crippen molar-refractivity contribution in [2.75, 3.05) is 0 Å². The Labute approximate surface area is 149 Å². The van der Waals surface area contributed by atoms with E-state index >= 15 is 0 Å². The number of hydrogen-bond acceptors (Lipinski definition) is 3. The SMILES string of the molecule is CC(C)N(Cc1cnn(C)c1)C(=O)/C=C/c1ccccc1OC(F)(F)F. The summed E-state index contributed by atoms with van der Waals surface area (Å²) in [6, 6.07) is 5.57. The standard InChI is InChI=1S/C18H20F3N3O2/c1-13(2)24(12-14-10-22-23(3)11-14)17(25)9-8-15-6-4-5-7-16(15)26-18(19,20)21/h4-11,13H,12H2,1-3H3/b9-8+. The Kier molecular flexibility index (Phi) is 6.07. The summed E-state index contributed by atoms with van der Waals surface area (Å²) in [5.74, 6) is -0.668. The van der Waals surface area contributed by atoms with E-state index in [4.69, 9.17) is 0 Å². The number of rotatable bonds is 6. The number of carbonyl (C=O) groups excluding carboxylic acids is 1. The number of aromatic nitrogens is 2. The van der Waals surface area contributed by atoms with E-state index in [1.807, 2.05) is 13.8 Å². The van der Waals surface area contributed by atoms with Gasteiger partial charge in [-0.05, 0) is 26.0 Å². The summed E-state index contributed by atoms with van der Waals surface area (Å²) in [5.41, 5.74) is 1.03. The van der Waals surface area contributed by atoms with Crippen LogP contribution in [-0.2, 0) is 18.4 Å². The highest BCUT2D eigenvalue weighted by Crippen LogP contribution is 2.27. The predicted octanol–water partition coefficient (Wildman–Crippen LogP) is 3.77. The molecule has 8 heteroatoms. The summed E-state index contributed by atoms with van der Waals surface area (Å²) in [6.07, 6.45) is 1.24. The Bertz CT molecular complexity index is 782. The van der Waals surface area contributed by atoms with Gasteiger partial charge in [-0.15, -0.1) is 13.2 Å². The lowest BCUT2D eigenvalue weighted by atomic mass is 10.1. The molecule has 140 valence electrons. The molecule has 1 amide bonds. The molecule has 0 fully saturated rings. The van der Waals surface area contributed by atoms with Gasteiger partial charge < -0.3 is 9.64 Å². The van der Waals surface area contributed by atoms with Gasteiger partial charge in [-0.3, -0.25) is 9.48 Å². The number of hydrogen-bond donors (Lipinski definition) is 0. The second kappa shape index (κ2) is 8.07. The maximum atomic E-state index is 12.5. The second-order valence-corrected chi connectivity index (χ2v) is 6.00. The van der Waals surface area contributed by atoms with Gasteiger partial charge in [0.15, 0.2) is 0 Å². The number of carbonyl (C=O) groups is 1. The quantitative estimate of drug-likeness (QED) is 0.731. The molecule has 5 nitrogen and oxygen atoms in total. The maximum Gasteiger partial charge on any atom is 0.573 e. The summed E-state index contributed by atoms with van der Waals surface area (Å²) in [4.78, 5) is 14.1. The minimum atomic E-state index is -4.79. The van der Waals surface area contributed by atoms with Crippen LogP contribution in [0.15, 0.2) is 42.7 Å². The van der Waals surface area contributed by atoms with Crippen LogP contribution in [0.3, 0.4) is 0 Å². The van der Waals surface area contributed by atoms with E-state index in [9.17, 15) is 18.0 Å². The zero-order valence-corrected chi connectivity index (χ0v) is 14.7. The van der Waals surface area contributed by atoms with Crippen LogP contribution in [0.25, 0.3) is 6.08 Å². The van der Waals surface area contributed by atoms with Crippen molar-refractivity contribution < 1.29 is 22.7 Å². The van der Waals surface area contributed by atoms with Gasteiger partial charge in [-0.1, -0.05) is 18.2 Å². The first-order valence-electron chi connectivity index (χ1n) is 7.96. The third kappa shape index (κ3) is 5.65. The van der Waals surface area contributed by atoms with Gasteiger partial charge in [-0.25, -0.2) is 0 Å². The molecule has 1 aromatic carbocycles. The Balaban J connectivity index is 2.16. The van der Waals surface area contributed by atoms with Crippen molar-refractivity contribution in [2.24, 2.45) is 7.05 Å². The molecular formula is C18H20F3N3O2. The number of amides is 1. The zero-order chi connectivity index (χ0) is 19.3. The lowest BCUT2D eigenvalue weighted by molar-refractivity contribution is -0.274. The fraction of sp³-hybridized carbons (Fsp3) is 0.333. The van der Waals surface area contributed by atoms with Crippen molar-refractivity contribution in [3.8, 4) is 5.75 Å². The average molecular weight is 367 g/mol. The molecule has 0 bridgehead atoms. The van der Waals surface area contributed by atoms with Gasteiger partial charge in [0, 0.05) is 43.0 Å². The maximum absolute atomic E-state index is 12.5. The number of nitrogens with zero attached hydrogens (tertiary/aromatic N) is 3. The summed E-state index contributed by atoms with van der Waals surface area (Å²) in [6.45, 7) is 4.08. The second-order valence-electron chi connectivity index (χ2n) is 6.00. The lowest BCUT2D eigenvalue weighted by Crippen LogP contribution is -2.35. The monoisotopic (exact) mass is 367 g/mol. The molecule has 0 spiro atoms. The number of halogens is 3. The normalized spacial score (nSPS) is 12.0. The van der Waals surface area contributed by atoms with E-state index in [0.29, 0.717) is 6.54 Å². The third-order valence-electron chi connectivity index (χ3n) is 3.57. The Morgan fingerprint density at radius 1 is 1.35 bits per heavy atom. The van der Waals surface area contributed by atoms with E-state index in [0.717, 1.165) is 5.56 Å².